The molecule has 0 saturated heterocycles. The van der Waals surface area contributed by atoms with Gasteiger partial charge in [-0.05, 0) is 31.2 Å². The van der Waals surface area contributed by atoms with Gasteiger partial charge in [0.25, 0.3) is 0 Å². The minimum atomic E-state index is -1.41. The lowest BCUT2D eigenvalue weighted by atomic mass is 10.1. The van der Waals surface area contributed by atoms with E-state index < -0.39 is 10.8 Å². The van der Waals surface area contributed by atoms with Crippen LogP contribution in [-0.2, 0) is 10.8 Å². The van der Waals surface area contributed by atoms with Crippen LogP contribution in [0.5, 0.6) is 5.75 Å². The standard InChI is InChI=1S/C15H14N4O2S/c1-9-12(6-11-7-17-15(18-8-16)22(11)20)13-5-10(21-2)3-4-14(13)19-9/h3-6,19H,7H2,1-2H3,(H,17,18). The van der Waals surface area contributed by atoms with Gasteiger partial charge >= 0.3 is 0 Å². The van der Waals surface area contributed by atoms with Gasteiger partial charge in [0.15, 0.2) is 6.19 Å². The zero-order valence-electron chi connectivity index (χ0n) is 12.1. The van der Waals surface area contributed by atoms with E-state index in [9.17, 15) is 4.21 Å². The lowest BCUT2D eigenvalue weighted by molar-refractivity contribution is 0.415. The highest BCUT2D eigenvalue weighted by molar-refractivity contribution is 8.04. The van der Waals surface area contributed by atoms with Crippen molar-refractivity contribution in [1.82, 2.24) is 10.3 Å². The van der Waals surface area contributed by atoms with E-state index in [1.807, 2.05) is 31.2 Å². The maximum Gasteiger partial charge on any atom is 0.205 e. The molecular formula is C15H14N4O2S. The van der Waals surface area contributed by atoms with Crippen molar-refractivity contribution in [2.45, 2.75) is 6.92 Å². The molecule has 0 amide bonds. The number of rotatable bonds is 2. The van der Waals surface area contributed by atoms with Crippen molar-refractivity contribution in [3.63, 3.8) is 0 Å². The molecule has 1 aromatic carbocycles. The van der Waals surface area contributed by atoms with Gasteiger partial charge in [0, 0.05) is 27.1 Å². The lowest BCUT2D eigenvalue weighted by Gasteiger charge is -2.01. The maximum absolute atomic E-state index is 12.3. The van der Waals surface area contributed by atoms with E-state index in [2.05, 4.69) is 15.3 Å². The number of aryl methyl sites for hydroxylation is 1. The summed E-state index contributed by atoms with van der Waals surface area (Å²) in [5, 5.41) is 12.2. The van der Waals surface area contributed by atoms with Crippen molar-refractivity contribution >= 4 is 32.9 Å². The Kier molecular flexibility index (Phi) is 3.69. The van der Waals surface area contributed by atoms with Crippen molar-refractivity contribution in [2.24, 2.45) is 4.99 Å². The van der Waals surface area contributed by atoms with E-state index in [0.717, 1.165) is 27.9 Å². The molecule has 0 saturated carbocycles. The molecule has 2 N–H and O–H groups in total. The van der Waals surface area contributed by atoms with E-state index in [1.165, 1.54) is 0 Å². The fraction of sp³-hybridized carbons (Fsp3) is 0.200. The van der Waals surface area contributed by atoms with E-state index in [-0.39, 0.29) is 5.17 Å². The Hall–Kier alpha value is -2.59. The van der Waals surface area contributed by atoms with Crippen LogP contribution in [0.2, 0.25) is 0 Å². The van der Waals surface area contributed by atoms with Gasteiger partial charge in [-0.2, -0.15) is 5.26 Å². The monoisotopic (exact) mass is 314 g/mol. The largest absolute Gasteiger partial charge is 0.497 e. The summed E-state index contributed by atoms with van der Waals surface area (Å²) in [5.74, 6) is 0.766. The number of aromatic nitrogens is 1. The van der Waals surface area contributed by atoms with Crippen molar-refractivity contribution in [3.05, 3.63) is 34.4 Å². The first kappa shape index (κ1) is 14.4. The Morgan fingerprint density at radius 2 is 2.36 bits per heavy atom. The minimum Gasteiger partial charge on any atom is -0.497 e. The van der Waals surface area contributed by atoms with Crippen molar-refractivity contribution in [1.29, 1.82) is 5.26 Å². The van der Waals surface area contributed by atoms with Crippen molar-refractivity contribution in [2.75, 3.05) is 13.7 Å². The predicted octanol–water partition coefficient (Wildman–Crippen LogP) is 2.01. The van der Waals surface area contributed by atoms with Crippen LogP contribution < -0.4 is 10.1 Å². The van der Waals surface area contributed by atoms with Crippen molar-refractivity contribution < 1.29 is 8.95 Å². The number of aliphatic imine (C=N–C) groups is 1. The summed E-state index contributed by atoms with van der Waals surface area (Å²) >= 11 is 0. The smallest absolute Gasteiger partial charge is 0.205 e. The summed E-state index contributed by atoms with van der Waals surface area (Å²) in [6, 6.07) is 5.79. The number of methoxy groups -OCH3 is 1. The molecule has 22 heavy (non-hydrogen) atoms. The summed E-state index contributed by atoms with van der Waals surface area (Å²) in [7, 11) is 0.215. The Labute approximate surface area is 130 Å². The third kappa shape index (κ3) is 2.38. The molecule has 0 bridgehead atoms. The molecule has 1 aliphatic heterocycles. The SMILES string of the molecule is COc1ccc2[nH]c(C)c(C=C3CN=C(NC#N)S3=O)c2c1. The Morgan fingerprint density at radius 3 is 3.09 bits per heavy atom. The summed E-state index contributed by atoms with van der Waals surface area (Å²) in [4.78, 5) is 8.06. The first-order valence-corrected chi connectivity index (χ1v) is 7.77. The highest BCUT2D eigenvalue weighted by Crippen LogP contribution is 2.29. The number of hydrogen-bond donors (Lipinski definition) is 2. The van der Waals surface area contributed by atoms with Crippen LogP contribution >= 0.6 is 0 Å². The molecule has 0 radical (unpaired) electrons. The number of aromatic amines is 1. The molecule has 0 fully saturated rings. The van der Waals surface area contributed by atoms with Gasteiger partial charge in [-0.15, -0.1) is 0 Å². The van der Waals surface area contributed by atoms with Crippen LogP contribution in [0.25, 0.3) is 17.0 Å². The van der Waals surface area contributed by atoms with Gasteiger partial charge in [-0.1, -0.05) is 0 Å². The van der Waals surface area contributed by atoms with Crippen LogP contribution in [0.15, 0.2) is 28.1 Å². The normalized spacial score (nSPS) is 19.2. The average molecular weight is 314 g/mol. The fourth-order valence-corrected chi connectivity index (χ4v) is 3.40. The van der Waals surface area contributed by atoms with Crippen LogP contribution in [0, 0.1) is 18.4 Å². The number of benzene rings is 1. The number of nitrogens with zero attached hydrogens (tertiary/aromatic N) is 2. The molecule has 1 aliphatic rings. The average Bonchev–Trinajstić information content (AvgIpc) is 3.02. The first-order chi connectivity index (χ1) is 10.6. The minimum absolute atomic E-state index is 0.212. The topological polar surface area (TPSA) is 90.3 Å². The second kappa shape index (κ2) is 5.66. The predicted molar refractivity (Wildman–Crippen MR) is 86.8 cm³/mol. The third-order valence-corrected chi connectivity index (χ3v) is 4.81. The highest BCUT2D eigenvalue weighted by Gasteiger charge is 2.22. The van der Waals surface area contributed by atoms with Gasteiger partial charge in [-0.25, -0.2) is 4.21 Å². The van der Waals surface area contributed by atoms with Gasteiger partial charge in [0.2, 0.25) is 5.17 Å². The summed E-state index contributed by atoms with van der Waals surface area (Å²) in [6.07, 6.45) is 3.63. The zero-order chi connectivity index (χ0) is 15.7. The quantitative estimate of drug-likeness (QED) is 0.655. The van der Waals surface area contributed by atoms with Gasteiger partial charge in [-0.3, -0.25) is 10.3 Å². The molecule has 1 atom stereocenters. The Balaban J connectivity index is 2.05. The molecule has 1 unspecified atom stereocenters. The number of fused-ring (bicyclic) bond motifs is 1. The van der Waals surface area contributed by atoms with E-state index in [1.54, 1.807) is 13.3 Å². The summed E-state index contributed by atoms with van der Waals surface area (Å²) in [6.45, 7) is 2.29. The fourth-order valence-electron chi connectivity index (χ4n) is 2.42. The third-order valence-electron chi connectivity index (χ3n) is 3.50. The number of ether oxygens (including phenoxy) is 1. The van der Waals surface area contributed by atoms with Crippen molar-refractivity contribution in [3.8, 4) is 11.9 Å². The number of amidine groups is 1. The van der Waals surface area contributed by atoms with Crippen LogP contribution in [0.3, 0.4) is 0 Å². The van der Waals surface area contributed by atoms with Gasteiger partial charge in [0.05, 0.1) is 13.7 Å². The first-order valence-electron chi connectivity index (χ1n) is 6.62. The second-order valence-corrected chi connectivity index (χ2v) is 6.26. The second-order valence-electron chi connectivity index (χ2n) is 4.81. The summed E-state index contributed by atoms with van der Waals surface area (Å²) in [5.41, 5.74) is 2.94. The molecule has 1 aromatic heterocycles. The van der Waals surface area contributed by atoms with Crippen LogP contribution in [-0.4, -0.2) is 28.0 Å². The van der Waals surface area contributed by atoms with E-state index >= 15 is 0 Å². The lowest BCUT2D eigenvalue weighted by Crippen LogP contribution is -2.19. The molecule has 112 valence electrons. The van der Waals surface area contributed by atoms with Gasteiger partial charge < -0.3 is 9.72 Å². The Morgan fingerprint density at radius 1 is 1.55 bits per heavy atom. The highest BCUT2D eigenvalue weighted by atomic mass is 32.2. The number of H-pyrrole nitrogens is 1. The maximum atomic E-state index is 12.3. The molecule has 6 nitrogen and oxygen atoms in total. The Bertz CT molecular complexity index is 874. The molecule has 0 spiro atoms. The van der Waals surface area contributed by atoms with Crippen LogP contribution in [0.4, 0.5) is 0 Å². The number of hydrogen-bond acceptors (Lipinski definition) is 5. The molecule has 0 aliphatic carbocycles. The zero-order valence-corrected chi connectivity index (χ0v) is 13.0. The van der Waals surface area contributed by atoms with Gasteiger partial charge in [0.1, 0.15) is 16.5 Å². The molecular weight excluding hydrogens is 300 g/mol. The van der Waals surface area contributed by atoms with E-state index in [0.29, 0.717) is 11.4 Å². The number of nitriles is 1. The molecule has 2 aromatic rings. The molecule has 3 rings (SSSR count). The molecule has 2 heterocycles. The molecule has 7 heteroatoms. The van der Waals surface area contributed by atoms with E-state index in [4.69, 9.17) is 10.00 Å². The number of nitrogens with one attached hydrogen (secondary N) is 2. The summed E-state index contributed by atoms with van der Waals surface area (Å²) < 4.78 is 17.5. The van der Waals surface area contributed by atoms with Crippen LogP contribution in [0.1, 0.15) is 11.3 Å².